The summed E-state index contributed by atoms with van der Waals surface area (Å²) in [6.07, 6.45) is 1.78. The minimum absolute atomic E-state index is 0.438. The van der Waals surface area contributed by atoms with Crippen LogP contribution in [0.15, 0.2) is 28.2 Å². The Hall–Kier alpha value is -0.580. The van der Waals surface area contributed by atoms with E-state index in [1.807, 2.05) is 24.4 Å². The van der Waals surface area contributed by atoms with E-state index in [-0.39, 0.29) is 0 Å². The van der Waals surface area contributed by atoms with E-state index in [9.17, 15) is 0 Å². The Balaban J connectivity index is 2.19. The molecule has 0 aliphatic carbocycles. The molecule has 0 atom stereocenters. The summed E-state index contributed by atoms with van der Waals surface area (Å²) in [6, 6.07) is 4.00. The van der Waals surface area contributed by atoms with Crippen molar-refractivity contribution in [2.75, 3.05) is 0 Å². The largest absolute Gasteiger partial charge is 0.486 e. The Morgan fingerprint density at radius 3 is 2.94 bits per heavy atom. The first kappa shape index (κ1) is 12.9. The van der Waals surface area contributed by atoms with Crippen molar-refractivity contribution in [3.8, 4) is 5.75 Å². The zero-order valence-electron chi connectivity index (χ0n) is 9.24. The van der Waals surface area contributed by atoms with Gasteiger partial charge < -0.3 is 4.74 Å². The molecule has 0 amide bonds. The van der Waals surface area contributed by atoms with Gasteiger partial charge in [0.2, 0.25) is 0 Å². The molecule has 0 fully saturated rings. The van der Waals surface area contributed by atoms with E-state index in [2.05, 4.69) is 20.9 Å². The van der Waals surface area contributed by atoms with Gasteiger partial charge in [-0.15, -0.1) is 22.9 Å². The van der Waals surface area contributed by atoms with Gasteiger partial charge in [-0.1, -0.05) is 15.9 Å². The van der Waals surface area contributed by atoms with Crippen molar-refractivity contribution in [3.05, 3.63) is 44.3 Å². The van der Waals surface area contributed by atoms with Gasteiger partial charge in [-0.2, -0.15) is 0 Å². The molecular weight excluding hydrogens is 322 g/mol. The predicted molar refractivity (Wildman–Crippen MR) is 74.9 cm³/mol. The summed E-state index contributed by atoms with van der Waals surface area (Å²) in [5, 5.41) is 2.91. The number of benzene rings is 1. The van der Waals surface area contributed by atoms with E-state index < -0.39 is 0 Å². The van der Waals surface area contributed by atoms with Gasteiger partial charge in [0, 0.05) is 21.6 Å². The van der Waals surface area contributed by atoms with E-state index in [0.29, 0.717) is 12.5 Å². The lowest BCUT2D eigenvalue weighted by molar-refractivity contribution is 0.301. The highest BCUT2D eigenvalue weighted by Crippen LogP contribution is 2.30. The number of hydrogen-bond acceptors (Lipinski definition) is 3. The molecule has 0 bridgehead atoms. The fourth-order valence-corrected chi connectivity index (χ4v) is 2.91. The van der Waals surface area contributed by atoms with E-state index in [1.54, 1.807) is 17.5 Å². The fourth-order valence-electron chi connectivity index (χ4n) is 1.56. The molecule has 17 heavy (non-hydrogen) atoms. The van der Waals surface area contributed by atoms with Crippen molar-refractivity contribution in [2.45, 2.75) is 19.4 Å². The Morgan fingerprint density at radius 1 is 1.47 bits per heavy atom. The standard InChI is InChI=1S/C12H11BrClNOS/c1-8-4-10(13)5-9(6-14)12(8)16-7-11-15-2-3-17-11/h2-5H,6-7H2,1H3. The molecule has 2 aromatic rings. The highest BCUT2D eigenvalue weighted by atomic mass is 79.9. The zero-order valence-corrected chi connectivity index (χ0v) is 12.4. The first-order valence-electron chi connectivity index (χ1n) is 5.07. The summed E-state index contributed by atoms with van der Waals surface area (Å²) in [7, 11) is 0. The van der Waals surface area contributed by atoms with Crippen molar-refractivity contribution in [2.24, 2.45) is 0 Å². The molecule has 0 unspecified atom stereocenters. The summed E-state index contributed by atoms with van der Waals surface area (Å²) in [6.45, 7) is 2.50. The maximum absolute atomic E-state index is 5.92. The highest BCUT2D eigenvalue weighted by Gasteiger charge is 2.09. The van der Waals surface area contributed by atoms with Crippen LogP contribution in [0.25, 0.3) is 0 Å². The number of halogens is 2. The summed E-state index contributed by atoms with van der Waals surface area (Å²) in [4.78, 5) is 4.19. The Morgan fingerprint density at radius 2 is 2.29 bits per heavy atom. The lowest BCUT2D eigenvalue weighted by Gasteiger charge is -2.12. The van der Waals surface area contributed by atoms with Gasteiger partial charge in [-0.3, -0.25) is 0 Å². The molecule has 2 rings (SSSR count). The van der Waals surface area contributed by atoms with Crippen LogP contribution in [0.2, 0.25) is 0 Å². The van der Waals surface area contributed by atoms with Gasteiger partial charge >= 0.3 is 0 Å². The molecule has 0 N–H and O–H groups in total. The molecule has 1 aromatic heterocycles. The maximum Gasteiger partial charge on any atom is 0.140 e. The van der Waals surface area contributed by atoms with Crippen molar-refractivity contribution in [1.82, 2.24) is 4.98 Å². The maximum atomic E-state index is 5.92. The molecule has 1 aromatic carbocycles. The minimum atomic E-state index is 0.438. The molecule has 1 heterocycles. The summed E-state index contributed by atoms with van der Waals surface area (Å²) < 4.78 is 6.82. The first-order valence-corrected chi connectivity index (χ1v) is 7.27. The molecule has 0 saturated carbocycles. The van der Waals surface area contributed by atoms with Crippen molar-refractivity contribution in [1.29, 1.82) is 0 Å². The lowest BCUT2D eigenvalue weighted by Crippen LogP contribution is -1.99. The lowest BCUT2D eigenvalue weighted by atomic mass is 10.1. The molecular formula is C12H11BrClNOS. The number of hydrogen-bond donors (Lipinski definition) is 0. The zero-order chi connectivity index (χ0) is 12.3. The topological polar surface area (TPSA) is 22.1 Å². The SMILES string of the molecule is Cc1cc(Br)cc(CCl)c1OCc1nccs1. The summed E-state index contributed by atoms with van der Waals surface area (Å²) >= 11 is 11.0. The van der Waals surface area contributed by atoms with Crippen LogP contribution < -0.4 is 4.74 Å². The van der Waals surface area contributed by atoms with Gasteiger partial charge in [-0.25, -0.2) is 4.98 Å². The van der Waals surface area contributed by atoms with E-state index >= 15 is 0 Å². The molecule has 5 heteroatoms. The number of thiazole rings is 1. The predicted octanol–water partition coefficient (Wildman–Crippen LogP) is 4.53. The van der Waals surface area contributed by atoms with Crippen LogP contribution in [-0.2, 0) is 12.5 Å². The van der Waals surface area contributed by atoms with Gasteiger partial charge in [0.05, 0.1) is 5.88 Å². The van der Waals surface area contributed by atoms with Crippen LogP contribution in [0, 0.1) is 6.92 Å². The third-order valence-corrected chi connectivity index (χ3v) is 3.78. The van der Waals surface area contributed by atoms with Crippen molar-refractivity contribution >= 4 is 38.9 Å². The monoisotopic (exact) mass is 331 g/mol. The molecule has 0 spiro atoms. The summed E-state index contributed by atoms with van der Waals surface area (Å²) in [5.74, 6) is 1.30. The number of nitrogens with zero attached hydrogens (tertiary/aromatic N) is 1. The van der Waals surface area contributed by atoms with E-state index in [0.717, 1.165) is 26.4 Å². The smallest absolute Gasteiger partial charge is 0.140 e. The second-order valence-electron chi connectivity index (χ2n) is 3.56. The van der Waals surface area contributed by atoms with Crippen molar-refractivity contribution < 1.29 is 4.74 Å². The van der Waals surface area contributed by atoms with Crippen LogP contribution in [0.4, 0.5) is 0 Å². The van der Waals surface area contributed by atoms with E-state index in [4.69, 9.17) is 16.3 Å². The number of alkyl halides is 1. The number of rotatable bonds is 4. The van der Waals surface area contributed by atoms with Gasteiger partial charge in [0.1, 0.15) is 17.4 Å². The molecule has 0 saturated heterocycles. The van der Waals surface area contributed by atoms with Gasteiger partial charge in [0.15, 0.2) is 0 Å². The Labute approximate surface area is 118 Å². The van der Waals surface area contributed by atoms with Gasteiger partial charge in [-0.05, 0) is 24.6 Å². The van der Waals surface area contributed by atoms with Gasteiger partial charge in [0.25, 0.3) is 0 Å². The first-order chi connectivity index (χ1) is 8.20. The molecule has 2 nitrogen and oxygen atoms in total. The second kappa shape index (κ2) is 5.85. The number of aromatic nitrogens is 1. The molecule has 0 radical (unpaired) electrons. The van der Waals surface area contributed by atoms with Crippen LogP contribution in [-0.4, -0.2) is 4.98 Å². The van der Waals surface area contributed by atoms with Crippen molar-refractivity contribution in [3.63, 3.8) is 0 Å². The molecule has 0 aliphatic rings. The second-order valence-corrected chi connectivity index (χ2v) is 5.72. The van der Waals surface area contributed by atoms with E-state index in [1.165, 1.54) is 0 Å². The Kier molecular flexibility index (Phi) is 4.42. The van der Waals surface area contributed by atoms with Crippen LogP contribution in [0.5, 0.6) is 5.75 Å². The fraction of sp³-hybridized carbons (Fsp3) is 0.250. The third-order valence-electron chi connectivity index (χ3n) is 2.28. The number of ether oxygens (including phenoxy) is 1. The highest BCUT2D eigenvalue weighted by molar-refractivity contribution is 9.10. The minimum Gasteiger partial charge on any atom is -0.486 e. The van der Waals surface area contributed by atoms with Crippen LogP contribution in [0.1, 0.15) is 16.1 Å². The Bertz CT molecular complexity index is 501. The number of aryl methyl sites for hydroxylation is 1. The molecule has 0 aliphatic heterocycles. The quantitative estimate of drug-likeness (QED) is 0.767. The molecule has 90 valence electrons. The average molecular weight is 333 g/mol. The third kappa shape index (κ3) is 3.21. The van der Waals surface area contributed by atoms with Crippen LogP contribution >= 0.6 is 38.9 Å². The normalized spacial score (nSPS) is 10.5. The summed E-state index contributed by atoms with van der Waals surface area (Å²) in [5.41, 5.74) is 2.07. The average Bonchev–Trinajstić information content (AvgIpc) is 2.79. The van der Waals surface area contributed by atoms with Crippen LogP contribution in [0.3, 0.4) is 0 Å².